The molecule has 1 amide bonds. The largest absolute Gasteiger partial charge is 0.370 e. The fraction of sp³-hybridized carbons (Fsp3) is 0.545. The molecule has 0 saturated carbocycles. The van der Waals surface area contributed by atoms with Gasteiger partial charge >= 0.3 is 0 Å². The van der Waals surface area contributed by atoms with Gasteiger partial charge in [0.05, 0.1) is 12.2 Å². The van der Waals surface area contributed by atoms with Crippen LogP contribution in [0.4, 0.5) is 0 Å². The number of hydrogen-bond donors (Lipinski definition) is 1. The van der Waals surface area contributed by atoms with E-state index in [1.54, 1.807) is 0 Å². The molecule has 0 atom stereocenters. The van der Waals surface area contributed by atoms with Crippen LogP contribution >= 0.6 is 0 Å². The van der Waals surface area contributed by atoms with Gasteiger partial charge in [-0.1, -0.05) is 30.3 Å². The Balaban J connectivity index is 1.43. The predicted molar refractivity (Wildman–Crippen MR) is 108 cm³/mol. The lowest BCUT2D eigenvalue weighted by molar-refractivity contribution is -0.104. The average Bonchev–Trinajstić information content (AvgIpc) is 3.00. The summed E-state index contributed by atoms with van der Waals surface area (Å²) in [4.78, 5) is 15.0. The van der Waals surface area contributed by atoms with Crippen molar-refractivity contribution in [3.8, 4) is 0 Å². The molecule has 0 radical (unpaired) electrons. The van der Waals surface area contributed by atoms with Crippen molar-refractivity contribution in [3.63, 3.8) is 0 Å². The second kappa shape index (κ2) is 7.68. The number of likely N-dealkylation sites (tertiary alicyclic amines) is 1. The highest BCUT2D eigenvalue weighted by Crippen LogP contribution is 2.37. The lowest BCUT2D eigenvalue weighted by atomic mass is 9.83. The highest BCUT2D eigenvalue weighted by molar-refractivity contribution is 5.94. The third kappa shape index (κ3) is 3.84. The minimum atomic E-state index is -0.125. The standard InChI is InChI=1S/C22H30N4O2/c1-16(2)23-21(27)20-18-15-28-22(13-19(18)25(3)24-20)9-11-26(12-10-22)14-17-7-5-4-6-8-17/h4-8,16H,9-15H2,1-3H3,(H,23,27). The number of piperidine rings is 1. The van der Waals surface area contributed by atoms with E-state index in [0.717, 1.165) is 50.2 Å². The summed E-state index contributed by atoms with van der Waals surface area (Å²) in [5.41, 5.74) is 3.86. The molecule has 1 N–H and O–H groups in total. The molecule has 1 spiro atoms. The van der Waals surface area contributed by atoms with E-state index in [9.17, 15) is 4.79 Å². The van der Waals surface area contributed by atoms with Gasteiger partial charge in [0.25, 0.3) is 5.91 Å². The molecule has 28 heavy (non-hydrogen) atoms. The van der Waals surface area contributed by atoms with E-state index < -0.39 is 0 Å². The van der Waals surface area contributed by atoms with Gasteiger partial charge in [0.2, 0.25) is 0 Å². The number of carbonyl (C=O) groups excluding carboxylic acids is 1. The molecule has 6 heteroatoms. The number of carbonyl (C=O) groups is 1. The SMILES string of the molecule is CC(C)NC(=O)c1nn(C)c2c1COC1(CCN(Cc3ccccc3)CC1)C2. The van der Waals surface area contributed by atoms with Crippen molar-refractivity contribution in [2.24, 2.45) is 7.05 Å². The van der Waals surface area contributed by atoms with Crippen molar-refractivity contribution in [1.29, 1.82) is 0 Å². The van der Waals surface area contributed by atoms with Crippen LogP contribution in [0.3, 0.4) is 0 Å². The van der Waals surface area contributed by atoms with Crippen LogP contribution in [-0.2, 0) is 31.4 Å². The van der Waals surface area contributed by atoms with Gasteiger partial charge < -0.3 is 10.1 Å². The number of benzene rings is 1. The third-order valence-electron chi connectivity index (χ3n) is 5.94. The summed E-state index contributed by atoms with van der Waals surface area (Å²) in [7, 11) is 1.94. The third-order valence-corrected chi connectivity index (χ3v) is 5.94. The number of hydrogen-bond acceptors (Lipinski definition) is 4. The van der Waals surface area contributed by atoms with E-state index in [4.69, 9.17) is 4.74 Å². The van der Waals surface area contributed by atoms with Gasteiger partial charge in [0, 0.05) is 50.4 Å². The first kappa shape index (κ1) is 19.2. The lowest BCUT2D eigenvalue weighted by Gasteiger charge is -2.44. The summed E-state index contributed by atoms with van der Waals surface area (Å²) in [6, 6.07) is 10.7. The summed E-state index contributed by atoms with van der Waals surface area (Å²) in [5.74, 6) is -0.107. The van der Waals surface area contributed by atoms with Crippen molar-refractivity contribution in [2.75, 3.05) is 13.1 Å². The van der Waals surface area contributed by atoms with E-state index in [2.05, 4.69) is 45.6 Å². The number of nitrogens with one attached hydrogen (secondary N) is 1. The summed E-state index contributed by atoms with van der Waals surface area (Å²) < 4.78 is 8.26. The molecular formula is C22H30N4O2. The minimum Gasteiger partial charge on any atom is -0.370 e. The van der Waals surface area contributed by atoms with E-state index >= 15 is 0 Å². The Labute approximate surface area is 166 Å². The molecule has 0 unspecified atom stereocenters. The number of fused-ring (bicyclic) bond motifs is 1. The van der Waals surface area contributed by atoms with Gasteiger partial charge in [-0.25, -0.2) is 0 Å². The van der Waals surface area contributed by atoms with Crippen LogP contribution in [0.25, 0.3) is 0 Å². The van der Waals surface area contributed by atoms with Crippen LogP contribution in [0, 0.1) is 0 Å². The number of aryl methyl sites for hydroxylation is 1. The summed E-state index contributed by atoms with van der Waals surface area (Å²) in [6.07, 6.45) is 2.86. The Bertz CT molecular complexity index is 836. The maximum atomic E-state index is 12.5. The van der Waals surface area contributed by atoms with Crippen LogP contribution in [0.5, 0.6) is 0 Å². The van der Waals surface area contributed by atoms with Crippen molar-refractivity contribution < 1.29 is 9.53 Å². The van der Waals surface area contributed by atoms with Crippen molar-refractivity contribution in [1.82, 2.24) is 20.0 Å². The second-order valence-electron chi connectivity index (χ2n) is 8.44. The molecule has 1 aromatic carbocycles. The Hall–Kier alpha value is -2.18. The first-order valence-corrected chi connectivity index (χ1v) is 10.2. The summed E-state index contributed by atoms with van der Waals surface area (Å²) in [6.45, 7) is 7.45. The monoisotopic (exact) mass is 382 g/mol. The molecule has 0 bridgehead atoms. The van der Waals surface area contributed by atoms with E-state index in [1.165, 1.54) is 5.56 Å². The fourth-order valence-corrected chi connectivity index (χ4v) is 4.35. The van der Waals surface area contributed by atoms with E-state index in [0.29, 0.717) is 12.3 Å². The summed E-state index contributed by atoms with van der Waals surface area (Å²) in [5, 5.41) is 7.45. The predicted octanol–water partition coefficient (Wildman–Crippen LogP) is 2.67. The van der Waals surface area contributed by atoms with Gasteiger partial charge in [-0.15, -0.1) is 0 Å². The van der Waals surface area contributed by atoms with E-state index in [-0.39, 0.29) is 17.6 Å². The molecule has 2 aromatic rings. The zero-order chi connectivity index (χ0) is 19.7. The van der Waals surface area contributed by atoms with Gasteiger partial charge in [-0.2, -0.15) is 5.10 Å². The van der Waals surface area contributed by atoms with Gasteiger partial charge in [0.1, 0.15) is 0 Å². The molecule has 3 heterocycles. The normalized spacial score (nSPS) is 19.0. The van der Waals surface area contributed by atoms with Crippen molar-refractivity contribution in [2.45, 2.75) is 57.9 Å². The van der Waals surface area contributed by atoms with Gasteiger partial charge in [-0.3, -0.25) is 14.4 Å². The Morgan fingerprint density at radius 3 is 2.64 bits per heavy atom. The lowest BCUT2D eigenvalue weighted by Crippen LogP contribution is -2.49. The van der Waals surface area contributed by atoms with Crippen molar-refractivity contribution >= 4 is 5.91 Å². The quantitative estimate of drug-likeness (QED) is 0.883. The molecular weight excluding hydrogens is 352 g/mol. The molecule has 6 nitrogen and oxygen atoms in total. The molecule has 0 aliphatic carbocycles. The molecule has 2 aliphatic rings. The number of rotatable bonds is 4. The molecule has 1 fully saturated rings. The maximum Gasteiger partial charge on any atom is 0.272 e. The highest BCUT2D eigenvalue weighted by Gasteiger charge is 2.41. The van der Waals surface area contributed by atoms with Crippen molar-refractivity contribution in [3.05, 3.63) is 52.8 Å². The molecule has 4 rings (SSSR count). The smallest absolute Gasteiger partial charge is 0.272 e. The first-order valence-electron chi connectivity index (χ1n) is 10.2. The van der Waals surface area contributed by atoms with Gasteiger partial charge in [-0.05, 0) is 32.3 Å². The zero-order valence-electron chi connectivity index (χ0n) is 17.1. The van der Waals surface area contributed by atoms with Crippen LogP contribution in [0.15, 0.2) is 30.3 Å². The Morgan fingerprint density at radius 2 is 1.96 bits per heavy atom. The molecule has 150 valence electrons. The number of nitrogens with zero attached hydrogens (tertiary/aromatic N) is 3. The van der Waals surface area contributed by atoms with Gasteiger partial charge in [0.15, 0.2) is 5.69 Å². The Kier molecular flexibility index (Phi) is 5.25. The first-order chi connectivity index (χ1) is 13.5. The molecule has 2 aliphatic heterocycles. The zero-order valence-corrected chi connectivity index (χ0v) is 17.1. The van der Waals surface area contributed by atoms with Crippen LogP contribution in [-0.4, -0.2) is 45.3 Å². The van der Waals surface area contributed by atoms with E-state index in [1.807, 2.05) is 25.6 Å². The van der Waals surface area contributed by atoms with Crippen LogP contribution < -0.4 is 5.32 Å². The highest BCUT2D eigenvalue weighted by atomic mass is 16.5. The van der Waals surface area contributed by atoms with Crippen LogP contribution in [0.1, 0.15) is 54.0 Å². The molecule has 1 aromatic heterocycles. The average molecular weight is 383 g/mol. The van der Waals surface area contributed by atoms with Crippen LogP contribution in [0.2, 0.25) is 0 Å². The topological polar surface area (TPSA) is 59.4 Å². The number of ether oxygens (including phenoxy) is 1. The Morgan fingerprint density at radius 1 is 1.25 bits per heavy atom. The fourth-order valence-electron chi connectivity index (χ4n) is 4.35. The summed E-state index contributed by atoms with van der Waals surface area (Å²) >= 11 is 0. The number of aromatic nitrogens is 2. The minimum absolute atomic E-state index is 0.0925. The maximum absolute atomic E-state index is 12.5. The second-order valence-corrected chi connectivity index (χ2v) is 8.44. The molecule has 1 saturated heterocycles. The number of amides is 1.